The average Bonchev–Trinajstić information content (AvgIpc) is 2.67. The van der Waals surface area contributed by atoms with Crippen LogP contribution in [0.15, 0.2) is 54.9 Å². The van der Waals surface area contributed by atoms with E-state index in [-0.39, 0.29) is 42.8 Å². The Morgan fingerprint density at radius 3 is 2.33 bits per heavy atom. The number of benzene rings is 1. The zero-order valence-electron chi connectivity index (χ0n) is 15.9. The SMILES string of the molecule is CCC(N)(CC)CNC(=O)CN(Cc1cccnc1)c1ccccc1.Cl.Cl. The Morgan fingerprint density at radius 2 is 1.78 bits per heavy atom. The van der Waals surface area contributed by atoms with E-state index in [0.29, 0.717) is 13.1 Å². The number of hydrogen-bond donors (Lipinski definition) is 2. The molecular weight excluding hydrogens is 383 g/mol. The molecule has 1 aromatic carbocycles. The van der Waals surface area contributed by atoms with Crippen LogP contribution in [0.4, 0.5) is 5.69 Å². The molecule has 2 rings (SSSR count). The molecule has 0 aliphatic heterocycles. The summed E-state index contributed by atoms with van der Waals surface area (Å²) in [6, 6.07) is 13.9. The van der Waals surface area contributed by atoms with Gasteiger partial charge in [-0.2, -0.15) is 0 Å². The van der Waals surface area contributed by atoms with E-state index in [4.69, 9.17) is 5.73 Å². The fourth-order valence-corrected chi connectivity index (χ4v) is 2.59. The number of nitrogens with zero attached hydrogens (tertiary/aromatic N) is 2. The van der Waals surface area contributed by atoms with Gasteiger partial charge in [0.1, 0.15) is 0 Å². The molecule has 1 amide bonds. The number of carbonyl (C=O) groups is 1. The molecule has 1 aromatic heterocycles. The first kappa shape index (κ1) is 25.2. The van der Waals surface area contributed by atoms with E-state index in [1.807, 2.05) is 67.4 Å². The molecule has 0 atom stereocenters. The second kappa shape index (κ2) is 12.5. The highest BCUT2D eigenvalue weighted by molar-refractivity contribution is 5.85. The first-order valence-corrected chi connectivity index (χ1v) is 8.81. The van der Waals surface area contributed by atoms with Crippen LogP contribution in [0.3, 0.4) is 0 Å². The summed E-state index contributed by atoms with van der Waals surface area (Å²) in [6.07, 6.45) is 5.25. The highest BCUT2D eigenvalue weighted by atomic mass is 35.5. The van der Waals surface area contributed by atoms with Crippen LogP contribution in [0.25, 0.3) is 0 Å². The summed E-state index contributed by atoms with van der Waals surface area (Å²) in [7, 11) is 0. The van der Waals surface area contributed by atoms with Crippen LogP contribution in [0, 0.1) is 0 Å². The predicted octanol–water partition coefficient (Wildman–Crippen LogP) is 3.57. The monoisotopic (exact) mass is 412 g/mol. The van der Waals surface area contributed by atoms with Crippen LogP contribution in [0.1, 0.15) is 32.3 Å². The lowest BCUT2D eigenvalue weighted by atomic mass is 9.94. The normalized spacial score (nSPS) is 10.3. The summed E-state index contributed by atoms with van der Waals surface area (Å²) in [6.45, 7) is 5.50. The van der Waals surface area contributed by atoms with Gasteiger partial charge in [0.05, 0.1) is 6.54 Å². The van der Waals surface area contributed by atoms with Crippen molar-refractivity contribution in [1.29, 1.82) is 0 Å². The molecule has 0 saturated heterocycles. The van der Waals surface area contributed by atoms with Crippen LogP contribution in [0.2, 0.25) is 0 Å². The quantitative estimate of drug-likeness (QED) is 0.660. The molecule has 0 radical (unpaired) electrons. The third-order valence-corrected chi connectivity index (χ3v) is 4.60. The van der Waals surface area contributed by atoms with Gasteiger partial charge < -0.3 is 16.0 Å². The van der Waals surface area contributed by atoms with Crippen LogP contribution in [-0.2, 0) is 11.3 Å². The first-order chi connectivity index (χ1) is 12.1. The molecule has 0 fully saturated rings. The standard InChI is InChI=1S/C20H28N4O.2ClH/c1-3-20(21,4-2)16-23-19(25)15-24(18-10-6-5-7-11-18)14-17-9-8-12-22-13-17;;/h5-13H,3-4,14-16,21H2,1-2H3,(H,23,25);2*1H. The van der Waals surface area contributed by atoms with E-state index in [2.05, 4.69) is 10.3 Å². The number of rotatable bonds is 9. The van der Waals surface area contributed by atoms with E-state index >= 15 is 0 Å². The van der Waals surface area contributed by atoms with Crippen molar-refractivity contribution in [2.45, 2.75) is 38.8 Å². The van der Waals surface area contributed by atoms with Crippen LogP contribution < -0.4 is 16.0 Å². The number of hydrogen-bond acceptors (Lipinski definition) is 4. The lowest BCUT2D eigenvalue weighted by Gasteiger charge is -2.28. The number of halogens is 2. The van der Waals surface area contributed by atoms with E-state index in [1.54, 1.807) is 6.20 Å². The molecule has 5 nitrogen and oxygen atoms in total. The molecule has 1 heterocycles. The Kier molecular flexibility index (Phi) is 11.7. The molecule has 0 aliphatic carbocycles. The lowest BCUT2D eigenvalue weighted by Crippen LogP contribution is -2.50. The molecular formula is C20H30Cl2N4O. The number of anilines is 1. The topological polar surface area (TPSA) is 71.2 Å². The van der Waals surface area contributed by atoms with Gasteiger partial charge in [-0.25, -0.2) is 0 Å². The number of nitrogens with two attached hydrogens (primary N) is 1. The van der Waals surface area contributed by atoms with Gasteiger partial charge in [-0.05, 0) is 36.6 Å². The van der Waals surface area contributed by atoms with Crippen molar-refractivity contribution in [3.8, 4) is 0 Å². The fraction of sp³-hybridized carbons (Fsp3) is 0.400. The molecule has 0 spiro atoms. The maximum atomic E-state index is 12.5. The van der Waals surface area contributed by atoms with Crippen molar-refractivity contribution in [1.82, 2.24) is 10.3 Å². The first-order valence-electron chi connectivity index (χ1n) is 8.81. The zero-order valence-corrected chi connectivity index (χ0v) is 17.6. The maximum absolute atomic E-state index is 12.5. The predicted molar refractivity (Wildman–Crippen MR) is 117 cm³/mol. The Morgan fingerprint density at radius 1 is 1.11 bits per heavy atom. The number of carbonyl (C=O) groups excluding carboxylic acids is 1. The van der Waals surface area contributed by atoms with Crippen LogP contribution >= 0.6 is 24.8 Å². The highest BCUT2D eigenvalue weighted by Crippen LogP contribution is 2.16. The molecule has 2 aromatic rings. The van der Waals surface area contributed by atoms with E-state index < -0.39 is 0 Å². The Bertz CT molecular complexity index is 652. The van der Waals surface area contributed by atoms with E-state index in [0.717, 1.165) is 24.1 Å². The Labute approximate surface area is 174 Å². The number of pyridine rings is 1. The molecule has 27 heavy (non-hydrogen) atoms. The number of aromatic nitrogens is 1. The Hall–Kier alpha value is -1.82. The van der Waals surface area contributed by atoms with Crippen molar-refractivity contribution in [3.63, 3.8) is 0 Å². The molecule has 0 aliphatic rings. The maximum Gasteiger partial charge on any atom is 0.239 e. The van der Waals surface area contributed by atoms with Gasteiger partial charge in [0.2, 0.25) is 5.91 Å². The summed E-state index contributed by atoms with van der Waals surface area (Å²) < 4.78 is 0. The molecule has 0 unspecified atom stereocenters. The molecule has 7 heteroatoms. The average molecular weight is 413 g/mol. The lowest BCUT2D eigenvalue weighted by molar-refractivity contribution is -0.120. The fourth-order valence-electron chi connectivity index (χ4n) is 2.59. The van der Waals surface area contributed by atoms with Crippen molar-refractivity contribution in [2.24, 2.45) is 5.73 Å². The molecule has 0 bridgehead atoms. The summed E-state index contributed by atoms with van der Waals surface area (Å²) in [5.41, 5.74) is 8.01. The van der Waals surface area contributed by atoms with Gasteiger partial charge in [-0.15, -0.1) is 24.8 Å². The third-order valence-electron chi connectivity index (χ3n) is 4.60. The second-order valence-corrected chi connectivity index (χ2v) is 6.40. The second-order valence-electron chi connectivity index (χ2n) is 6.40. The minimum atomic E-state index is -0.337. The van der Waals surface area contributed by atoms with Crippen molar-refractivity contribution in [2.75, 3.05) is 18.0 Å². The summed E-state index contributed by atoms with van der Waals surface area (Å²) in [5.74, 6) is -0.0236. The number of para-hydroxylation sites is 1. The minimum Gasteiger partial charge on any atom is -0.358 e. The number of nitrogens with one attached hydrogen (secondary N) is 1. The molecule has 3 N–H and O–H groups in total. The van der Waals surface area contributed by atoms with Gasteiger partial charge in [0.25, 0.3) is 0 Å². The van der Waals surface area contributed by atoms with Crippen molar-refractivity contribution >= 4 is 36.4 Å². The van der Waals surface area contributed by atoms with E-state index in [1.165, 1.54) is 0 Å². The van der Waals surface area contributed by atoms with Gasteiger partial charge in [-0.3, -0.25) is 9.78 Å². The van der Waals surface area contributed by atoms with Crippen molar-refractivity contribution < 1.29 is 4.79 Å². The Balaban J connectivity index is 0.00000338. The summed E-state index contributed by atoms with van der Waals surface area (Å²) in [4.78, 5) is 18.7. The third kappa shape index (κ3) is 8.16. The van der Waals surface area contributed by atoms with Gasteiger partial charge in [0, 0.05) is 36.7 Å². The van der Waals surface area contributed by atoms with Crippen LogP contribution in [0.5, 0.6) is 0 Å². The van der Waals surface area contributed by atoms with E-state index in [9.17, 15) is 4.79 Å². The number of amides is 1. The van der Waals surface area contributed by atoms with Crippen LogP contribution in [-0.4, -0.2) is 29.5 Å². The molecule has 0 saturated carbocycles. The molecule has 150 valence electrons. The minimum absolute atomic E-state index is 0. The summed E-state index contributed by atoms with van der Waals surface area (Å²) in [5, 5.41) is 2.99. The largest absolute Gasteiger partial charge is 0.358 e. The van der Waals surface area contributed by atoms with Gasteiger partial charge in [-0.1, -0.05) is 38.1 Å². The van der Waals surface area contributed by atoms with Gasteiger partial charge >= 0.3 is 0 Å². The zero-order chi connectivity index (χ0) is 18.1. The smallest absolute Gasteiger partial charge is 0.239 e. The van der Waals surface area contributed by atoms with Gasteiger partial charge in [0.15, 0.2) is 0 Å². The summed E-state index contributed by atoms with van der Waals surface area (Å²) >= 11 is 0. The van der Waals surface area contributed by atoms with Crippen molar-refractivity contribution in [3.05, 3.63) is 60.4 Å². The highest BCUT2D eigenvalue weighted by Gasteiger charge is 2.21.